The number of rotatable bonds is 1. The molecule has 5 atom stereocenters. The molecule has 72 valence electrons. The van der Waals surface area contributed by atoms with Gasteiger partial charge in [-0.1, -0.05) is 0 Å². The summed E-state index contributed by atoms with van der Waals surface area (Å²) in [5, 5.41) is 18.8. The van der Waals surface area contributed by atoms with Crippen molar-refractivity contribution in [1.82, 2.24) is 0 Å². The molecule has 1 saturated heterocycles. The van der Waals surface area contributed by atoms with Gasteiger partial charge >= 0.3 is 0 Å². The van der Waals surface area contributed by atoms with Gasteiger partial charge in [0.2, 0.25) is 0 Å². The lowest BCUT2D eigenvalue weighted by Crippen LogP contribution is -2.60. The zero-order chi connectivity index (χ0) is 9.30. The molecule has 1 aliphatic rings. The van der Waals surface area contributed by atoms with Crippen molar-refractivity contribution in [1.29, 1.82) is 0 Å². The summed E-state index contributed by atoms with van der Waals surface area (Å²) < 4.78 is 9.85. The Labute approximate surface area is 71.1 Å². The molecule has 0 radical (unpaired) electrons. The van der Waals surface area contributed by atoms with Crippen molar-refractivity contribution in [2.75, 3.05) is 7.11 Å². The molecule has 0 aromatic heterocycles. The lowest BCUT2D eigenvalue weighted by Gasteiger charge is -2.39. The molecule has 12 heavy (non-hydrogen) atoms. The van der Waals surface area contributed by atoms with Gasteiger partial charge in [-0.2, -0.15) is 0 Å². The largest absolute Gasteiger partial charge is 0.388 e. The second-order valence-corrected chi connectivity index (χ2v) is 3.00. The monoisotopic (exact) mass is 177 g/mol. The SMILES string of the molecule is COC1C(O)OC(C)C(N)C1O. The second kappa shape index (κ2) is 3.68. The molecule has 0 aromatic rings. The Morgan fingerprint density at radius 1 is 1.42 bits per heavy atom. The van der Waals surface area contributed by atoms with Gasteiger partial charge in [-0.15, -0.1) is 0 Å². The van der Waals surface area contributed by atoms with E-state index in [1.165, 1.54) is 7.11 Å². The van der Waals surface area contributed by atoms with E-state index in [1.807, 2.05) is 0 Å². The first-order valence-electron chi connectivity index (χ1n) is 3.88. The number of ether oxygens (including phenoxy) is 2. The topological polar surface area (TPSA) is 84.9 Å². The van der Waals surface area contributed by atoms with Gasteiger partial charge in [-0.3, -0.25) is 0 Å². The van der Waals surface area contributed by atoms with Crippen molar-refractivity contribution in [2.45, 2.75) is 37.6 Å². The molecule has 4 N–H and O–H groups in total. The first kappa shape index (κ1) is 9.88. The van der Waals surface area contributed by atoms with Gasteiger partial charge < -0.3 is 25.4 Å². The molecule has 0 amide bonds. The molecular formula is C7H15NO4. The van der Waals surface area contributed by atoms with Crippen molar-refractivity contribution in [3.63, 3.8) is 0 Å². The maximum atomic E-state index is 9.49. The van der Waals surface area contributed by atoms with Gasteiger partial charge in [0.25, 0.3) is 0 Å². The molecule has 1 fully saturated rings. The summed E-state index contributed by atoms with van der Waals surface area (Å²) in [5.41, 5.74) is 5.58. The van der Waals surface area contributed by atoms with Crippen LogP contribution in [0.3, 0.4) is 0 Å². The Hall–Kier alpha value is -0.200. The van der Waals surface area contributed by atoms with Crippen molar-refractivity contribution in [2.24, 2.45) is 5.73 Å². The molecule has 0 aliphatic carbocycles. The van der Waals surface area contributed by atoms with Crippen LogP contribution in [0, 0.1) is 0 Å². The Kier molecular flexibility index (Phi) is 3.03. The molecule has 0 saturated carbocycles. The molecule has 1 heterocycles. The minimum Gasteiger partial charge on any atom is -0.388 e. The van der Waals surface area contributed by atoms with Gasteiger partial charge in [-0.25, -0.2) is 0 Å². The van der Waals surface area contributed by atoms with Crippen LogP contribution in [0.2, 0.25) is 0 Å². The molecule has 0 bridgehead atoms. The van der Waals surface area contributed by atoms with E-state index in [0.717, 1.165) is 0 Å². The first-order valence-corrected chi connectivity index (χ1v) is 3.88. The summed E-state index contributed by atoms with van der Waals surface area (Å²) in [5.74, 6) is 0. The lowest BCUT2D eigenvalue weighted by atomic mass is 9.98. The predicted molar refractivity (Wildman–Crippen MR) is 41.3 cm³/mol. The predicted octanol–water partition coefficient (Wildman–Crippen LogP) is -1.57. The number of aliphatic hydroxyl groups is 2. The molecule has 1 aliphatic heterocycles. The number of aliphatic hydroxyl groups excluding tert-OH is 2. The fourth-order valence-electron chi connectivity index (χ4n) is 1.31. The van der Waals surface area contributed by atoms with E-state index in [-0.39, 0.29) is 6.10 Å². The highest BCUT2D eigenvalue weighted by Crippen LogP contribution is 2.19. The summed E-state index contributed by atoms with van der Waals surface area (Å²) in [6.45, 7) is 1.70. The maximum Gasteiger partial charge on any atom is 0.184 e. The standard InChI is InChI=1S/C7H15NO4/c1-3-4(8)5(9)6(11-2)7(10)12-3/h3-7,9-10H,8H2,1-2H3. The Morgan fingerprint density at radius 3 is 2.50 bits per heavy atom. The fourth-order valence-corrected chi connectivity index (χ4v) is 1.31. The van der Waals surface area contributed by atoms with E-state index < -0.39 is 24.5 Å². The fraction of sp³-hybridized carbons (Fsp3) is 1.00. The van der Waals surface area contributed by atoms with E-state index in [0.29, 0.717) is 0 Å². The van der Waals surface area contributed by atoms with Gasteiger partial charge in [0.15, 0.2) is 6.29 Å². The highest BCUT2D eigenvalue weighted by Gasteiger charge is 2.40. The lowest BCUT2D eigenvalue weighted by molar-refractivity contribution is -0.256. The third kappa shape index (κ3) is 1.60. The van der Waals surface area contributed by atoms with Crippen LogP contribution >= 0.6 is 0 Å². The zero-order valence-corrected chi connectivity index (χ0v) is 7.18. The van der Waals surface area contributed by atoms with Crippen LogP contribution in [0.25, 0.3) is 0 Å². The normalized spacial score (nSPS) is 49.2. The van der Waals surface area contributed by atoms with Crippen molar-refractivity contribution >= 4 is 0 Å². The highest BCUT2D eigenvalue weighted by atomic mass is 16.6. The minimum absolute atomic E-state index is 0.360. The third-order valence-electron chi connectivity index (χ3n) is 2.18. The summed E-state index contributed by atoms with van der Waals surface area (Å²) in [6, 6.07) is -0.515. The van der Waals surface area contributed by atoms with Crippen LogP contribution in [0.15, 0.2) is 0 Å². The number of hydrogen-bond donors (Lipinski definition) is 3. The molecule has 5 heteroatoms. The molecule has 1 rings (SSSR count). The molecule has 0 spiro atoms. The smallest absolute Gasteiger partial charge is 0.184 e. The van der Waals surface area contributed by atoms with Gasteiger partial charge in [0, 0.05) is 7.11 Å². The van der Waals surface area contributed by atoms with Gasteiger partial charge in [0.1, 0.15) is 12.2 Å². The van der Waals surface area contributed by atoms with Crippen molar-refractivity contribution < 1.29 is 19.7 Å². The van der Waals surface area contributed by atoms with Crippen LogP contribution in [-0.2, 0) is 9.47 Å². The van der Waals surface area contributed by atoms with Crippen LogP contribution < -0.4 is 5.73 Å². The molecular weight excluding hydrogens is 162 g/mol. The molecule has 5 unspecified atom stereocenters. The Balaban J connectivity index is 2.65. The molecule has 0 aromatic carbocycles. The number of nitrogens with two attached hydrogens (primary N) is 1. The summed E-state index contributed by atoms with van der Waals surface area (Å²) >= 11 is 0. The van der Waals surface area contributed by atoms with E-state index in [2.05, 4.69) is 0 Å². The van der Waals surface area contributed by atoms with E-state index in [1.54, 1.807) is 6.92 Å². The van der Waals surface area contributed by atoms with E-state index in [9.17, 15) is 10.2 Å². The first-order chi connectivity index (χ1) is 5.57. The van der Waals surface area contributed by atoms with Crippen molar-refractivity contribution in [3.8, 4) is 0 Å². The van der Waals surface area contributed by atoms with Gasteiger partial charge in [0.05, 0.1) is 12.1 Å². The molecule has 5 nitrogen and oxygen atoms in total. The average Bonchev–Trinajstić information content (AvgIpc) is 2.01. The zero-order valence-electron chi connectivity index (χ0n) is 7.18. The van der Waals surface area contributed by atoms with Crippen LogP contribution in [0.4, 0.5) is 0 Å². The van der Waals surface area contributed by atoms with Gasteiger partial charge in [-0.05, 0) is 6.92 Å². The Bertz CT molecular complexity index is 154. The summed E-state index contributed by atoms with van der Waals surface area (Å²) in [6.07, 6.45) is -3.09. The third-order valence-corrected chi connectivity index (χ3v) is 2.18. The maximum absolute atomic E-state index is 9.49. The van der Waals surface area contributed by atoms with E-state index in [4.69, 9.17) is 15.2 Å². The van der Waals surface area contributed by atoms with Crippen LogP contribution in [0.1, 0.15) is 6.92 Å². The summed E-state index contributed by atoms with van der Waals surface area (Å²) in [4.78, 5) is 0. The quantitative estimate of drug-likeness (QED) is 0.450. The van der Waals surface area contributed by atoms with Crippen molar-refractivity contribution in [3.05, 3.63) is 0 Å². The summed E-state index contributed by atoms with van der Waals surface area (Å²) in [7, 11) is 1.39. The number of hydrogen-bond acceptors (Lipinski definition) is 5. The average molecular weight is 177 g/mol. The highest BCUT2D eigenvalue weighted by molar-refractivity contribution is 4.90. The van der Waals surface area contributed by atoms with Crippen LogP contribution in [-0.4, -0.2) is 48.0 Å². The second-order valence-electron chi connectivity index (χ2n) is 3.00. The van der Waals surface area contributed by atoms with Crippen LogP contribution in [0.5, 0.6) is 0 Å². The Morgan fingerprint density at radius 2 is 2.00 bits per heavy atom. The van der Waals surface area contributed by atoms with E-state index >= 15 is 0 Å². The minimum atomic E-state index is -1.10. The number of methoxy groups -OCH3 is 1.